The second kappa shape index (κ2) is 3.53. The van der Waals surface area contributed by atoms with Gasteiger partial charge in [-0.05, 0) is 19.4 Å². The third kappa shape index (κ3) is 1.79. The van der Waals surface area contributed by atoms with E-state index in [-0.39, 0.29) is 17.9 Å². The van der Waals surface area contributed by atoms with Crippen molar-refractivity contribution in [2.24, 2.45) is 10.7 Å². The summed E-state index contributed by atoms with van der Waals surface area (Å²) in [5.74, 6) is -0.215. The lowest BCUT2D eigenvalue weighted by Gasteiger charge is -2.10. The summed E-state index contributed by atoms with van der Waals surface area (Å²) in [7, 11) is 0. The molecule has 1 aromatic carbocycles. The molecule has 0 unspecified atom stereocenters. The molecule has 1 aliphatic rings. The standard InChI is InChI=1S/C11H13FN2O/c1-6-3-7(2)10(12)8(4-6)9-5-15-11(13)14-9/h3-4,9H,5H2,1-2H3,(H2,13,14)/t9-/m0/s1. The highest BCUT2D eigenvalue weighted by molar-refractivity contribution is 5.73. The molecule has 0 aromatic heterocycles. The van der Waals surface area contributed by atoms with E-state index < -0.39 is 0 Å². The van der Waals surface area contributed by atoms with E-state index in [0.717, 1.165) is 5.56 Å². The van der Waals surface area contributed by atoms with Gasteiger partial charge in [0.05, 0.1) is 0 Å². The first kappa shape index (κ1) is 9.96. The maximum absolute atomic E-state index is 13.8. The first-order chi connectivity index (χ1) is 7.08. The zero-order valence-electron chi connectivity index (χ0n) is 8.75. The fourth-order valence-electron chi connectivity index (χ4n) is 1.78. The van der Waals surface area contributed by atoms with Crippen LogP contribution in [-0.2, 0) is 4.74 Å². The van der Waals surface area contributed by atoms with Crippen molar-refractivity contribution in [1.29, 1.82) is 0 Å². The molecular formula is C11H13FN2O. The number of aryl methyl sites for hydroxylation is 2. The summed E-state index contributed by atoms with van der Waals surface area (Å²) in [5, 5.41) is 0. The molecule has 15 heavy (non-hydrogen) atoms. The van der Waals surface area contributed by atoms with E-state index in [1.165, 1.54) is 0 Å². The number of nitrogens with two attached hydrogens (primary N) is 1. The maximum atomic E-state index is 13.8. The van der Waals surface area contributed by atoms with E-state index >= 15 is 0 Å². The minimum absolute atomic E-state index is 0.138. The Kier molecular flexibility index (Phi) is 2.34. The fourth-order valence-corrected chi connectivity index (χ4v) is 1.78. The van der Waals surface area contributed by atoms with E-state index in [9.17, 15) is 4.39 Å². The monoisotopic (exact) mass is 208 g/mol. The molecule has 0 bridgehead atoms. The molecule has 3 nitrogen and oxygen atoms in total. The molecule has 1 aromatic rings. The molecule has 0 saturated carbocycles. The van der Waals surface area contributed by atoms with Crippen LogP contribution in [-0.4, -0.2) is 12.6 Å². The Balaban J connectivity index is 2.44. The Morgan fingerprint density at radius 3 is 2.80 bits per heavy atom. The zero-order valence-corrected chi connectivity index (χ0v) is 8.75. The van der Waals surface area contributed by atoms with Gasteiger partial charge in [-0.2, -0.15) is 0 Å². The molecule has 0 radical (unpaired) electrons. The molecule has 80 valence electrons. The Hall–Kier alpha value is -1.58. The Labute approximate surface area is 87.8 Å². The molecule has 0 fully saturated rings. The smallest absolute Gasteiger partial charge is 0.282 e. The van der Waals surface area contributed by atoms with Crippen molar-refractivity contribution in [3.05, 3.63) is 34.6 Å². The van der Waals surface area contributed by atoms with Gasteiger partial charge < -0.3 is 10.5 Å². The van der Waals surface area contributed by atoms with E-state index in [0.29, 0.717) is 17.7 Å². The van der Waals surface area contributed by atoms with Crippen molar-refractivity contribution < 1.29 is 9.13 Å². The number of aliphatic imine (C=N–C) groups is 1. The average molecular weight is 208 g/mol. The fraction of sp³-hybridized carbons (Fsp3) is 0.364. The third-order valence-corrected chi connectivity index (χ3v) is 2.46. The van der Waals surface area contributed by atoms with E-state index in [4.69, 9.17) is 10.5 Å². The van der Waals surface area contributed by atoms with Gasteiger partial charge in [0.1, 0.15) is 18.5 Å². The van der Waals surface area contributed by atoms with Crippen molar-refractivity contribution in [2.75, 3.05) is 6.61 Å². The number of nitrogens with zero attached hydrogens (tertiary/aromatic N) is 1. The summed E-state index contributed by atoms with van der Waals surface area (Å²) in [6, 6.07) is 3.43. The number of ether oxygens (including phenoxy) is 1. The van der Waals surface area contributed by atoms with Crippen molar-refractivity contribution in [2.45, 2.75) is 19.9 Å². The summed E-state index contributed by atoms with van der Waals surface area (Å²) < 4.78 is 18.8. The van der Waals surface area contributed by atoms with Crippen molar-refractivity contribution in [1.82, 2.24) is 0 Å². The van der Waals surface area contributed by atoms with Gasteiger partial charge in [-0.15, -0.1) is 0 Å². The largest absolute Gasteiger partial charge is 0.463 e. The van der Waals surface area contributed by atoms with Crippen LogP contribution in [0.1, 0.15) is 22.7 Å². The molecule has 0 amide bonds. The highest BCUT2D eigenvalue weighted by atomic mass is 19.1. The van der Waals surface area contributed by atoms with Crippen molar-refractivity contribution in [3.63, 3.8) is 0 Å². The van der Waals surface area contributed by atoms with Crippen molar-refractivity contribution >= 4 is 6.02 Å². The topological polar surface area (TPSA) is 47.6 Å². The van der Waals surface area contributed by atoms with Gasteiger partial charge in [0.2, 0.25) is 0 Å². The molecule has 0 aliphatic carbocycles. The van der Waals surface area contributed by atoms with E-state index in [1.807, 2.05) is 13.0 Å². The summed E-state index contributed by atoms with van der Waals surface area (Å²) >= 11 is 0. The van der Waals surface area contributed by atoms with Crippen LogP contribution < -0.4 is 5.73 Å². The number of hydrogen-bond donors (Lipinski definition) is 1. The summed E-state index contributed by atoms with van der Waals surface area (Å²) in [4.78, 5) is 4.03. The molecule has 0 saturated heterocycles. The van der Waals surface area contributed by atoms with Crippen LogP contribution in [0.2, 0.25) is 0 Å². The minimum atomic E-state index is -0.302. The lowest BCUT2D eigenvalue weighted by Crippen LogP contribution is -2.10. The molecule has 4 heteroatoms. The second-order valence-electron chi connectivity index (χ2n) is 3.78. The maximum Gasteiger partial charge on any atom is 0.282 e. The van der Waals surface area contributed by atoms with Gasteiger partial charge in [-0.3, -0.25) is 0 Å². The molecular weight excluding hydrogens is 195 g/mol. The van der Waals surface area contributed by atoms with Gasteiger partial charge >= 0.3 is 0 Å². The number of halogens is 1. The predicted octanol–water partition coefficient (Wildman–Crippen LogP) is 1.83. The summed E-state index contributed by atoms with van der Waals surface area (Å²) in [6.45, 7) is 4.00. The van der Waals surface area contributed by atoms with Crippen LogP contribution in [0.25, 0.3) is 0 Å². The SMILES string of the molecule is Cc1cc(C)c(F)c([C@@H]2COC(N)=N2)c1. The first-order valence-corrected chi connectivity index (χ1v) is 4.80. The number of rotatable bonds is 1. The van der Waals surface area contributed by atoms with Crippen LogP contribution in [0.5, 0.6) is 0 Å². The number of hydrogen-bond acceptors (Lipinski definition) is 3. The van der Waals surface area contributed by atoms with Gasteiger partial charge in [-0.25, -0.2) is 9.38 Å². The number of benzene rings is 1. The lowest BCUT2D eigenvalue weighted by molar-refractivity contribution is 0.312. The van der Waals surface area contributed by atoms with E-state index in [1.54, 1.807) is 13.0 Å². The quantitative estimate of drug-likeness (QED) is 0.765. The zero-order chi connectivity index (χ0) is 11.0. The highest BCUT2D eigenvalue weighted by Gasteiger charge is 2.22. The molecule has 1 heterocycles. The molecule has 1 atom stereocenters. The molecule has 2 N–H and O–H groups in total. The lowest BCUT2D eigenvalue weighted by atomic mass is 10.0. The van der Waals surface area contributed by atoms with Crippen LogP contribution in [0.4, 0.5) is 4.39 Å². The number of amidine groups is 1. The van der Waals surface area contributed by atoms with Gasteiger partial charge in [-0.1, -0.05) is 17.7 Å². The molecule has 2 rings (SSSR count). The van der Waals surface area contributed by atoms with Crippen LogP contribution in [0.15, 0.2) is 17.1 Å². The van der Waals surface area contributed by atoms with Crippen LogP contribution >= 0.6 is 0 Å². The summed E-state index contributed by atoms with van der Waals surface area (Å²) in [5.41, 5.74) is 7.61. The summed E-state index contributed by atoms with van der Waals surface area (Å²) in [6.07, 6.45) is 0. The molecule has 1 aliphatic heterocycles. The van der Waals surface area contributed by atoms with Gasteiger partial charge in [0.25, 0.3) is 6.02 Å². The minimum Gasteiger partial charge on any atom is -0.463 e. The van der Waals surface area contributed by atoms with Crippen LogP contribution in [0, 0.1) is 19.7 Å². The van der Waals surface area contributed by atoms with Gasteiger partial charge in [0, 0.05) is 5.56 Å². The van der Waals surface area contributed by atoms with Crippen molar-refractivity contribution in [3.8, 4) is 0 Å². The highest BCUT2D eigenvalue weighted by Crippen LogP contribution is 2.27. The Bertz CT molecular complexity index is 429. The molecule has 0 spiro atoms. The first-order valence-electron chi connectivity index (χ1n) is 4.80. The second-order valence-corrected chi connectivity index (χ2v) is 3.78. The average Bonchev–Trinajstić information content (AvgIpc) is 2.58. The Morgan fingerprint density at radius 1 is 1.47 bits per heavy atom. The predicted molar refractivity (Wildman–Crippen MR) is 56.2 cm³/mol. The third-order valence-electron chi connectivity index (χ3n) is 2.46. The Morgan fingerprint density at radius 2 is 2.20 bits per heavy atom. The van der Waals surface area contributed by atoms with E-state index in [2.05, 4.69) is 4.99 Å². The van der Waals surface area contributed by atoms with Crippen LogP contribution in [0.3, 0.4) is 0 Å². The normalized spacial score (nSPS) is 19.9. The van der Waals surface area contributed by atoms with Gasteiger partial charge in [0.15, 0.2) is 0 Å².